The van der Waals surface area contributed by atoms with Crippen LogP contribution in [0.25, 0.3) is 0 Å². The van der Waals surface area contributed by atoms with Gasteiger partial charge in [-0.1, -0.05) is 22.6 Å². The lowest BCUT2D eigenvalue weighted by Crippen LogP contribution is -2.24. The molecule has 5 heteroatoms. The second-order valence-corrected chi connectivity index (χ2v) is 4.66. The van der Waals surface area contributed by atoms with E-state index in [2.05, 4.69) is 22.6 Å². The highest BCUT2D eigenvalue weighted by Crippen LogP contribution is 2.13. The average Bonchev–Trinajstić information content (AvgIpc) is 2.34. The fourth-order valence-corrected chi connectivity index (χ4v) is 1.77. The molecule has 0 N–H and O–H groups in total. The summed E-state index contributed by atoms with van der Waals surface area (Å²) in [6.45, 7) is 4.17. The Balaban J connectivity index is 1.77. The molecule has 1 saturated heterocycles. The molecule has 0 radical (unpaired) electrons. The lowest BCUT2D eigenvalue weighted by atomic mass is 10.2. The zero-order valence-corrected chi connectivity index (χ0v) is 11.8. The molecule has 1 rings (SSSR count). The summed E-state index contributed by atoms with van der Waals surface area (Å²) in [4.78, 5) is 0. The van der Waals surface area contributed by atoms with Crippen LogP contribution in [0.3, 0.4) is 0 Å². The van der Waals surface area contributed by atoms with Crippen molar-refractivity contribution in [2.75, 3.05) is 44.1 Å². The Kier molecular flexibility index (Phi) is 9.79. The normalized spacial score (nSPS) is 21.2. The van der Waals surface area contributed by atoms with Gasteiger partial charge in [-0.15, -0.1) is 0 Å². The van der Waals surface area contributed by atoms with Crippen LogP contribution in [0.15, 0.2) is 0 Å². The van der Waals surface area contributed by atoms with Gasteiger partial charge in [0.15, 0.2) is 6.29 Å². The minimum Gasteiger partial charge on any atom is -0.378 e. The van der Waals surface area contributed by atoms with Gasteiger partial charge in [0.25, 0.3) is 0 Å². The number of ether oxygens (including phenoxy) is 4. The molecule has 0 aromatic rings. The Morgan fingerprint density at radius 1 is 1.00 bits per heavy atom. The van der Waals surface area contributed by atoms with E-state index in [0.717, 1.165) is 30.5 Å². The molecule has 0 spiro atoms. The van der Waals surface area contributed by atoms with Gasteiger partial charge in [-0.05, 0) is 19.3 Å². The van der Waals surface area contributed by atoms with E-state index in [-0.39, 0.29) is 6.29 Å². The standard InChI is InChI=1S/C11H21IO4/c12-4-6-13-7-8-14-9-10-16-11-3-1-2-5-15-11/h11H,1-10H2. The van der Waals surface area contributed by atoms with E-state index in [1.165, 1.54) is 6.42 Å². The lowest BCUT2D eigenvalue weighted by molar-refractivity contribution is -0.169. The Hall–Kier alpha value is 0.570. The monoisotopic (exact) mass is 344 g/mol. The van der Waals surface area contributed by atoms with E-state index in [9.17, 15) is 0 Å². The van der Waals surface area contributed by atoms with Crippen molar-refractivity contribution in [3.63, 3.8) is 0 Å². The Morgan fingerprint density at radius 3 is 2.44 bits per heavy atom. The van der Waals surface area contributed by atoms with Gasteiger partial charge in [0.2, 0.25) is 0 Å². The molecule has 0 aromatic heterocycles. The molecule has 4 nitrogen and oxygen atoms in total. The molecule has 0 saturated carbocycles. The number of hydrogen-bond acceptors (Lipinski definition) is 4. The first-order valence-electron chi connectivity index (χ1n) is 5.88. The van der Waals surface area contributed by atoms with Gasteiger partial charge in [-0.3, -0.25) is 0 Å². The van der Waals surface area contributed by atoms with Crippen LogP contribution in [0, 0.1) is 0 Å². The van der Waals surface area contributed by atoms with Crippen molar-refractivity contribution in [2.24, 2.45) is 0 Å². The second-order valence-electron chi connectivity index (χ2n) is 3.58. The second kappa shape index (κ2) is 10.7. The SMILES string of the molecule is ICCOCCOCCOC1CCCCO1. The Morgan fingerprint density at radius 2 is 1.75 bits per heavy atom. The third kappa shape index (κ3) is 7.78. The van der Waals surface area contributed by atoms with Gasteiger partial charge >= 0.3 is 0 Å². The summed E-state index contributed by atoms with van der Waals surface area (Å²) in [5, 5.41) is 0. The van der Waals surface area contributed by atoms with E-state index >= 15 is 0 Å². The molecule has 1 heterocycles. The summed E-state index contributed by atoms with van der Waals surface area (Å²) in [6, 6.07) is 0. The zero-order chi connectivity index (χ0) is 11.5. The van der Waals surface area contributed by atoms with E-state index in [1.807, 2.05) is 0 Å². The summed E-state index contributed by atoms with van der Waals surface area (Å²) < 4.78 is 22.6. The first kappa shape index (κ1) is 14.6. The number of halogens is 1. The van der Waals surface area contributed by atoms with Crippen LogP contribution < -0.4 is 0 Å². The molecule has 1 aliphatic heterocycles. The minimum atomic E-state index is -0.00683. The van der Waals surface area contributed by atoms with Crippen molar-refractivity contribution in [1.29, 1.82) is 0 Å². The third-order valence-corrected chi connectivity index (χ3v) is 2.70. The molecule has 16 heavy (non-hydrogen) atoms. The van der Waals surface area contributed by atoms with Crippen LogP contribution in [0.4, 0.5) is 0 Å². The smallest absolute Gasteiger partial charge is 0.157 e. The van der Waals surface area contributed by atoms with Gasteiger partial charge in [0.05, 0.1) is 33.0 Å². The fourth-order valence-electron chi connectivity index (χ4n) is 1.46. The molecule has 0 bridgehead atoms. The summed E-state index contributed by atoms with van der Waals surface area (Å²) in [5.74, 6) is 0. The van der Waals surface area contributed by atoms with Crippen LogP contribution in [0.2, 0.25) is 0 Å². The number of hydrogen-bond donors (Lipinski definition) is 0. The van der Waals surface area contributed by atoms with Crippen LogP contribution in [0.5, 0.6) is 0 Å². The summed E-state index contributed by atoms with van der Waals surface area (Å²) in [5.41, 5.74) is 0. The van der Waals surface area contributed by atoms with E-state index in [0.29, 0.717) is 26.4 Å². The predicted octanol–water partition coefficient (Wildman–Crippen LogP) is 2.00. The highest BCUT2D eigenvalue weighted by molar-refractivity contribution is 14.1. The lowest BCUT2D eigenvalue weighted by Gasteiger charge is -2.22. The van der Waals surface area contributed by atoms with Crippen molar-refractivity contribution < 1.29 is 18.9 Å². The quantitative estimate of drug-likeness (QED) is 0.364. The summed E-state index contributed by atoms with van der Waals surface area (Å²) in [6.07, 6.45) is 3.37. The van der Waals surface area contributed by atoms with E-state index < -0.39 is 0 Å². The Bertz CT molecular complexity index is 151. The van der Waals surface area contributed by atoms with Gasteiger partial charge in [-0.25, -0.2) is 0 Å². The summed E-state index contributed by atoms with van der Waals surface area (Å²) >= 11 is 2.29. The average molecular weight is 344 g/mol. The molecule has 1 unspecified atom stereocenters. The number of alkyl halides is 1. The van der Waals surface area contributed by atoms with Crippen molar-refractivity contribution in [1.82, 2.24) is 0 Å². The molecule has 0 aromatic carbocycles. The van der Waals surface area contributed by atoms with Gasteiger partial charge in [-0.2, -0.15) is 0 Å². The molecule has 1 aliphatic rings. The highest BCUT2D eigenvalue weighted by Gasteiger charge is 2.13. The van der Waals surface area contributed by atoms with Crippen molar-refractivity contribution in [2.45, 2.75) is 25.6 Å². The van der Waals surface area contributed by atoms with Crippen molar-refractivity contribution in [3.8, 4) is 0 Å². The van der Waals surface area contributed by atoms with Crippen molar-refractivity contribution >= 4 is 22.6 Å². The van der Waals surface area contributed by atoms with Crippen LogP contribution in [-0.4, -0.2) is 50.4 Å². The van der Waals surface area contributed by atoms with Gasteiger partial charge < -0.3 is 18.9 Å². The van der Waals surface area contributed by atoms with E-state index in [4.69, 9.17) is 18.9 Å². The topological polar surface area (TPSA) is 36.9 Å². The molecular formula is C11H21IO4. The maximum atomic E-state index is 5.52. The number of rotatable bonds is 9. The van der Waals surface area contributed by atoms with Crippen LogP contribution in [-0.2, 0) is 18.9 Å². The fraction of sp³-hybridized carbons (Fsp3) is 1.00. The van der Waals surface area contributed by atoms with E-state index in [1.54, 1.807) is 0 Å². The summed E-state index contributed by atoms with van der Waals surface area (Å²) in [7, 11) is 0. The first-order chi connectivity index (χ1) is 7.93. The molecule has 0 aliphatic carbocycles. The zero-order valence-electron chi connectivity index (χ0n) is 9.66. The van der Waals surface area contributed by atoms with Gasteiger partial charge in [0, 0.05) is 11.0 Å². The molecule has 0 amide bonds. The first-order valence-corrected chi connectivity index (χ1v) is 7.40. The van der Waals surface area contributed by atoms with Gasteiger partial charge in [0.1, 0.15) is 0 Å². The maximum Gasteiger partial charge on any atom is 0.157 e. The molecule has 1 atom stereocenters. The minimum absolute atomic E-state index is 0.00683. The third-order valence-electron chi connectivity index (χ3n) is 2.26. The predicted molar refractivity (Wildman–Crippen MR) is 70.1 cm³/mol. The molecule has 96 valence electrons. The van der Waals surface area contributed by atoms with Crippen LogP contribution >= 0.6 is 22.6 Å². The highest BCUT2D eigenvalue weighted by atomic mass is 127. The largest absolute Gasteiger partial charge is 0.378 e. The molecular weight excluding hydrogens is 323 g/mol. The maximum absolute atomic E-state index is 5.52. The van der Waals surface area contributed by atoms with Crippen molar-refractivity contribution in [3.05, 3.63) is 0 Å². The Labute approximate surface area is 111 Å². The van der Waals surface area contributed by atoms with Crippen LogP contribution in [0.1, 0.15) is 19.3 Å². The molecule has 1 fully saturated rings.